The molecule has 2 heterocycles. The number of fused-ring (bicyclic) bond motifs is 1. The van der Waals surface area contributed by atoms with Crippen LogP contribution in [0.1, 0.15) is 11.1 Å². The molecule has 0 bridgehead atoms. The molecule has 0 fully saturated rings. The van der Waals surface area contributed by atoms with Crippen molar-refractivity contribution in [1.29, 1.82) is 0 Å². The van der Waals surface area contributed by atoms with Crippen molar-refractivity contribution in [2.24, 2.45) is 0 Å². The molecule has 0 amide bonds. The second-order valence-corrected chi connectivity index (χ2v) is 7.83. The zero-order valence-electron chi connectivity index (χ0n) is 15.8. The topological polar surface area (TPSA) is 46.5 Å². The molecule has 3 aromatic carbocycles. The van der Waals surface area contributed by atoms with Crippen LogP contribution >= 0.6 is 11.8 Å². The second-order valence-electron chi connectivity index (χ2n) is 6.89. The summed E-state index contributed by atoms with van der Waals surface area (Å²) in [5.74, 6) is 1.74. The minimum atomic E-state index is 0.744. The van der Waals surface area contributed by atoms with Crippen molar-refractivity contribution in [1.82, 2.24) is 19.7 Å². The summed E-state index contributed by atoms with van der Waals surface area (Å²) in [6.07, 6.45) is 2.09. The number of benzene rings is 3. The summed E-state index contributed by atoms with van der Waals surface area (Å²) in [6.45, 7) is 0.744. The smallest absolute Gasteiger partial charge is 0.192 e. The van der Waals surface area contributed by atoms with Gasteiger partial charge in [0.25, 0.3) is 0 Å². The maximum Gasteiger partial charge on any atom is 0.192 e. The number of nitrogens with one attached hydrogen (secondary N) is 1. The number of rotatable bonds is 6. The molecule has 1 N–H and O–H groups in total. The molecule has 0 saturated carbocycles. The summed E-state index contributed by atoms with van der Waals surface area (Å²) in [6, 6.07) is 29.1. The normalized spacial score (nSPS) is 11.2. The average molecular weight is 397 g/mol. The Kier molecular flexibility index (Phi) is 4.88. The second kappa shape index (κ2) is 7.97. The maximum absolute atomic E-state index is 4.53. The number of thioether (sulfide) groups is 1. The Labute approximate surface area is 173 Å². The van der Waals surface area contributed by atoms with E-state index < -0.39 is 0 Å². The van der Waals surface area contributed by atoms with Crippen LogP contribution in [-0.4, -0.2) is 19.7 Å². The molecule has 2 aromatic heterocycles. The lowest BCUT2D eigenvalue weighted by molar-refractivity contribution is 0.714. The summed E-state index contributed by atoms with van der Waals surface area (Å²) in [4.78, 5) is 3.35. The predicted molar refractivity (Wildman–Crippen MR) is 119 cm³/mol. The number of hydrogen-bond acceptors (Lipinski definition) is 3. The largest absolute Gasteiger partial charge is 0.361 e. The molecule has 0 aliphatic rings. The van der Waals surface area contributed by atoms with E-state index in [1.807, 2.05) is 24.3 Å². The summed E-state index contributed by atoms with van der Waals surface area (Å²) in [5, 5.41) is 11.3. The molecular formula is C24H20N4S. The average Bonchev–Trinajstić information content (AvgIpc) is 3.38. The van der Waals surface area contributed by atoms with Gasteiger partial charge < -0.3 is 4.98 Å². The Morgan fingerprint density at radius 1 is 0.793 bits per heavy atom. The van der Waals surface area contributed by atoms with Gasteiger partial charge in [-0.25, -0.2) is 0 Å². The minimum Gasteiger partial charge on any atom is -0.361 e. The van der Waals surface area contributed by atoms with Crippen LogP contribution in [0.4, 0.5) is 0 Å². The first-order valence-corrected chi connectivity index (χ1v) is 10.6. The first-order valence-electron chi connectivity index (χ1n) is 9.59. The minimum absolute atomic E-state index is 0.744. The molecule has 4 nitrogen and oxygen atoms in total. The number of para-hydroxylation sites is 1. The van der Waals surface area contributed by atoms with E-state index in [1.165, 1.54) is 22.0 Å². The third-order valence-corrected chi connectivity index (χ3v) is 5.98. The first kappa shape index (κ1) is 17.8. The predicted octanol–water partition coefficient (Wildman–Crippen LogP) is 5.77. The molecule has 142 valence electrons. The van der Waals surface area contributed by atoms with E-state index in [9.17, 15) is 0 Å². The van der Waals surface area contributed by atoms with Crippen molar-refractivity contribution >= 4 is 22.7 Å². The fourth-order valence-corrected chi connectivity index (χ4v) is 4.43. The van der Waals surface area contributed by atoms with Gasteiger partial charge in [0.15, 0.2) is 11.0 Å². The van der Waals surface area contributed by atoms with E-state index in [0.717, 1.165) is 28.8 Å². The van der Waals surface area contributed by atoms with Gasteiger partial charge in [-0.3, -0.25) is 4.57 Å². The van der Waals surface area contributed by atoms with E-state index in [1.54, 1.807) is 11.8 Å². The van der Waals surface area contributed by atoms with Crippen LogP contribution in [0.2, 0.25) is 0 Å². The number of aromatic amines is 1. The molecule has 0 unspecified atom stereocenters. The van der Waals surface area contributed by atoms with Crippen LogP contribution in [0.15, 0.2) is 96.3 Å². The Hall–Kier alpha value is -3.31. The highest BCUT2D eigenvalue weighted by Crippen LogP contribution is 2.29. The number of hydrogen-bond donors (Lipinski definition) is 1. The monoisotopic (exact) mass is 396 g/mol. The maximum atomic E-state index is 4.53. The fourth-order valence-electron chi connectivity index (χ4n) is 3.50. The Morgan fingerprint density at radius 3 is 2.34 bits per heavy atom. The van der Waals surface area contributed by atoms with Crippen molar-refractivity contribution in [2.75, 3.05) is 0 Å². The van der Waals surface area contributed by atoms with E-state index in [0.29, 0.717) is 0 Å². The van der Waals surface area contributed by atoms with Crippen molar-refractivity contribution < 1.29 is 0 Å². The van der Waals surface area contributed by atoms with Crippen LogP contribution in [0, 0.1) is 0 Å². The quantitative estimate of drug-likeness (QED) is 0.371. The number of H-pyrrole nitrogens is 1. The highest BCUT2D eigenvalue weighted by atomic mass is 32.2. The molecular weight excluding hydrogens is 376 g/mol. The van der Waals surface area contributed by atoms with Gasteiger partial charge >= 0.3 is 0 Å². The first-order chi connectivity index (χ1) is 14.4. The zero-order valence-corrected chi connectivity index (χ0v) is 16.6. The van der Waals surface area contributed by atoms with E-state index >= 15 is 0 Å². The molecule has 0 aliphatic heterocycles. The third kappa shape index (κ3) is 3.69. The lowest BCUT2D eigenvalue weighted by Crippen LogP contribution is -2.04. The lowest BCUT2D eigenvalue weighted by Gasteiger charge is -2.10. The van der Waals surface area contributed by atoms with E-state index in [-0.39, 0.29) is 0 Å². The van der Waals surface area contributed by atoms with Gasteiger partial charge in [0.2, 0.25) is 0 Å². The standard InChI is InChI=1S/C24H20N4S/c1-3-9-18(10-4-1)16-28-23(19-11-5-2-6-12-19)26-27-24(28)29-17-20-15-25-22-14-8-7-13-21(20)22/h1-15,25H,16-17H2. The van der Waals surface area contributed by atoms with Crippen LogP contribution in [0.3, 0.4) is 0 Å². The highest BCUT2D eigenvalue weighted by molar-refractivity contribution is 7.98. The van der Waals surface area contributed by atoms with Crippen molar-refractivity contribution in [3.05, 3.63) is 102 Å². The van der Waals surface area contributed by atoms with Gasteiger partial charge in [-0.1, -0.05) is 90.6 Å². The Morgan fingerprint density at radius 2 is 1.52 bits per heavy atom. The highest BCUT2D eigenvalue weighted by Gasteiger charge is 2.15. The molecule has 0 atom stereocenters. The van der Waals surface area contributed by atoms with Crippen LogP contribution in [0.5, 0.6) is 0 Å². The molecule has 0 saturated heterocycles. The summed E-state index contributed by atoms with van der Waals surface area (Å²) in [7, 11) is 0. The third-order valence-electron chi connectivity index (χ3n) is 4.96. The van der Waals surface area contributed by atoms with Gasteiger partial charge in [-0.2, -0.15) is 0 Å². The van der Waals surface area contributed by atoms with Crippen LogP contribution in [0.25, 0.3) is 22.3 Å². The van der Waals surface area contributed by atoms with E-state index in [2.05, 4.69) is 86.6 Å². The van der Waals surface area contributed by atoms with Crippen LogP contribution in [-0.2, 0) is 12.3 Å². The fraction of sp³-hybridized carbons (Fsp3) is 0.0833. The van der Waals surface area contributed by atoms with Gasteiger partial charge in [-0.05, 0) is 17.2 Å². The Balaban J connectivity index is 1.48. The molecule has 5 rings (SSSR count). The molecule has 29 heavy (non-hydrogen) atoms. The molecule has 5 aromatic rings. The van der Waals surface area contributed by atoms with Crippen LogP contribution < -0.4 is 0 Å². The Bertz CT molecular complexity index is 1230. The SMILES string of the molecule is c1ccc(Cn2c(SCc3c[nH]c4ccccc34)nnc2-c2ccccc2)cc1. The molecule has 5 heteroatoms. The van der Waals surface area contributed by atoms with Crippen molar-refractivity contribution in [3.63, 3.8) is 0 Å². The zero-order chi connectivity index (χ0) is 19.5. The van der Waals surface area contributed by atoms with Gasteiger partial charge in [-0.15, -0.1) is 10.2 Å². The van der Waals surface area contributed by atoms with Crippen molar-refractivity contribution in [2.45, 2.75) is 17.5 Å². The summed E-state index contributed by atoms with van der Waals surface area (Å²) in [5.41, 5.74) is 4.76. The summed E-state index contributed by atoms with van der Waals surface area (Å²) >= 11 is 1.72. The molecule has 0 aliphatic carbocycles. The van der Waals surface area contributed by atoms with Crippen molar-refractivity contribution in [3.8, 4) is 11.4 Å². The van der Waals surface area contributed by atoms with Gasteiger partial charge in [0.1, 0.15) is 0 Å². The van der Waals surface area contributed by atoms with Gasteiger partial charge in [0, 0.05) is 28.4 Å². The number of aromatic nitrogens is 4. The lowest BCUT2D eigenvalue weighted by atomic mass is 10.2. The number of nitrogens with zero attached hydrogens (tertiary/aromatic N) is 3. The van der Waals surface area contributed by atoms with E-state index in [4.69, 9.17) is 0 Å². The molecule has 0 radical (unpaired) electrons. The summed E-state index contributed by atoms with van der Waals surface area (Å²) < 4.78 is 2.21. The van der Waals surface area contributed by atoms with Gasteiger partial charge in [0.05, 0.1) is 6.54 Å². The molecule has 0 spiro atoms.